The number of carbonyl (C=O) groups is 2. The van der Waals surface area contributed by atoms with Crippen LogP contribution in [0.15, 0.2) is 4.74 Å². The minimum atomic E-state index is -2.23. The van der Waals surface area contributed by atoms with Gasteiger partial charge < -0.3 is 19.9 Å². The van der Waals surface area contributed by atoms with E-state index in [0.29, 0.717) is 13.2 Å². The van der Waals surface area contributed by atoms with Gasteiger partial charge in [0.05, 0.1) is 13.2 Å². The molecule has 1 radical (unpaired) electrons. The normalized spacial score (nSPS) is 15.1. The molecule has 0 aliphatic rings. The zero-order valence-corrected chi connectivity index (χ0v) is 13.5. The van der Waals surface area contributed by atoms with E-state index in [9.17, 15) is 9.59 Å². The van der Waals surface area contributed by atoms with Crippen molar-refractivity contribution in [2.24, 2.45) is 4.74 Å². The second-order valence-corrected chi connectivity index (χ2v) is 6.70. The molecule has 2 amide bonds. The quantitative estimate of drug-likeness (QED) is 0.409. The molecule has 0 rings (SSSR count). The first-order chi connectivity index (χ1) is 9.38. The smallest absolute Gasteiger partial charge is 0.242 e. The maximum absolute atomic E-state index is 11.7. The topological polar surface area (TPSA) is 101 Å². The number of amides is 2. The molecule has 2 unspecified atom stereocenters. The van der Waals surface area contributed by atoms with Crippen LogP contribution in [-0.4, -0.2) is 58.9 Å². The van der Waals surface area contributed by atoms with Gasteiger partial charge in [-0.3, -0.25) is 14.3 Å². The highest BCUT2D eigenvalue weighted by Gasteiger charge is 2.17. The number of likely N-dealkylation sites (N-methyl/N-ethyl adjacent to an activating group) is 1. The third-order valence-electron chi connectivity index (χ3n) is 2.45. The van der Waals surface area contributed by atoms with Crippen LogP contribution in [0.5, 0.6) is 0 Å². The zero-order chi connectivity index (χ0) is 15.6. The molecule has 0 aromatic heterocycles. The fraction of sp³-hybridized carbons (Fsp3) is 0.727. The highest BCUT2D eigenvalue weighted by Crippen LogP contribution is 2.41. The average molecular weight is 307 g/mol. The minimum Gasteiger partial charge on any atom is -0.382 e. The van der Waals surface area contributed by atoms with Gasteiger partial charge in [-0.15, -0.1) is 0 Å². The van der Waals surface area contributed by atoms with E-state index in [0.717, 1.165) is 0 Å². The first-order valence-electron chi connectivity index (χ1n) is 6.13. The predicted octanol–water partition coefficient (Wildman–Crippen LogP) is -0.0577. The van der Waals surface area contributed by atoms with Crippen LogP contribution in [0.1, 0.15) is 6.92 Å². The zero-order valence-electron chi connectivity index (χ0n) is 12.6. The van der Waals surface area contributed by atoms with Crippen molar-refractivity contribution < 1.29 is 18.8 Å². The Kier molecular flexibility index (Phi) is 9.41. The largest absolute Gasteiger partial charge is 0.382 e. The Morgan fingerprint density at radius 3 is 2.55 bits per heavy atom. The fourth-order valence-corrected chi connectivity index (χ4v) is 2.26. The lowest BCUT2D eigenvalue weighted by Crippen LogP contribution is -2.44. The van der Waals surface area contributed by atoms with Crippen LogP contribution in [0.25, 0.3) is 0 Å². The first-order valence-corrected chi connectivity index (χ1v) is 8.23. The van der Waals surface area contributed by atoms with Crippen LogP contribution >= 0.6 is 7.43 Å². The molecule has 0 aromatic rings. The molecule has 0 aromatic carbocycles. The van der Waals surface area contributed by atoms with Gasteiger partial charge in [-0.25, -0.2) is 5.09 Å². The van der Waals surface area contributed by atoms with E-state index < -0.39 is 19.4 Å². The Labute approximate surface area is 120 Å². The van der Waals surface area contributed by atoms with Gasteiger partial charge in [-0.1, -0.05) is 0 Å². The fourth-order valence-electron chi connectivity index (χ4n) is 1.17. The van der Waals surface area contributed by atoms with Crippen molar-refractivity contribution in [1.82, 2.24) is 15.7 Å². The van der Waals surface area contributed by atoms with E-state index in [4.69, 9.17) is 9.26 Å². The maximum atomic E-state index is 11.7. The summed E-state index contributed by atoms with van der Waals surface area (Å²) in [4.78, 5) is 22.9. The minimum absolute atomic E-state index is 0.263. The van der Waals surface area contributed by atoms with E-state index in [1.165, 1.54) is 13.6 Å². The Morgan fingerprint density at radius 2 is 2.05 bits per heavy atom. The summed E-state index contributed by atoms with van der Waals surface area (Å²) in [6, 6.07) is -0.608. The highest BCUT2D eigenvalue weighted by molar-refractivity contribution is 7.58. The van der Waals surface area contributed by atoms with E-state index in [-0.39, 0.29) is 5.91 Å². The van der Waals surface area contributed by atoms with E-state index >= 15 is 0 Å². The summed E-state index contributed by atoms with van der Waals surface area (Å²) in [5.74, 6) is -0.674. The molecule has 0 heterocycles. The second-order valence-electron chi connectivity index (χ2n) is 4.02. The van der Waals surface area contributed by atoms with E-state index in [1.807, 2.05) is 0 Å². The van der Waals surface area contributed by atoms with Gasteiger partial charge >= 0.3 is 0 Å². The molecule has 0 aliphatic heterocycles. The summed E-state index contributed by atoms with van der Waals surface area (Å²) < 4.78 is 14.6. The summed E-state index contributed by atoms with van der Waals surface area (Å²) in [7, 11) is 2.48. The molecule has 20 heavy (non-hydrogen) atoms. The third-order valence-corrected chi connectivity index (χ3v) is 4.50. The summed E-state index contributed by atoms with van der Waals surface area (Å²) >= 11 is 0. The molecule has 0 spiro atoms. The Balaban J connectivity index is 4.23. The Bertz CT molecular complexity index is 375. The Morgan fingerprint density at radius 1 is 1.40 bits per heavy atom. The standard InChI is InChI=1S/C11H24N4O4P/c1-9(11(17)12-2)15-10(16)8-14-20(5,13-3)19-7-6-18-4/h8-9,14H,6-7H2,1-5H3,(H,12,17)(H,15,16). The SMILES string of the molecule is CN=P(C)(N[CH]C(=O)NC(C)C(=O)NC)OCCOC. The number of ether oxygens (including phenoxy) is 1. The van der Waals surface area contributed by atoms with Gasteiger partial charge in [0.15, 0.2) is 0 Å². The second kappa shape index (κ2) is 9.88. The Hall–Kier alpha value is -0.950. The van der Waals surface area contributed by atoms with Crippen molar-refractivity contribution >= 4 is 19.2 Å². The molecule has 0 saturated heterocycles. The molecule has 9 heteroatoms. The molecule has 0 saturated carbocycles. The van der Waals surface area contributed by atoms with Crippen LogP contribution in [-0.2, 0) is 18.8 Å². The van der Waals surface area contributed by atoms with Crippen LogP contribution < -0.4 is 15.7 Å². The lowest BCUT2D eigenvalue weighted by atomic mass is 10.3. The number of hydrogen-bond donors (Lipinski definition) is 3. The molecule has 8 nitrogen and oxygen atoms in total. The van der Waals surface area contributed by atoms with Crippen LogP contribution in [0.2, 0.25) is 0 Å². The summed E-state index contributed by atoms with van der Waals surface area (Å²) in [5.41, 5.74) is 0. The van der Waals surface area contributed by atoms with Crippen molar-refractivity contribution in [3.05, 3.63) is 6.54 Å². The molecular formula is C11H24N4O4P. The number of methoxy groups -OCH3 is 1. The molecule has 0 bridgehead atoms. The van der Waals surface area contributed by atoms with Crippen LogP contribution in [0, 0.1) is 6.54 Å². The van der Waals surface area contributed by atoms with Crippen LogP contribution in [0.4, 0.5) is 0 Å². The first kappa shape index (κ1) is 19.1. The maximum Gasteiger partial charge on any atom is 0.242 e. The molecular weight excluding hydrogens is 283 g/mol. The van der Waals surface area contributed by atoms with Gasteiger partial charge in [-0.05, 0) is 6.92 Å². The van der Waals surface area contributed by atoms with Crippen molar-refractivity contribution in [2.45, 2.75) is 13.0 Å². The predicted molar refractivity (Wildman–Crippen MR) is 78.1 cm³/mol. The van der Waals surface area contributed by atoms with Gasteiger partial charge in [0.2, 0.25) is 11.8 Å². The van der Waals surface area contributed by atoms with Crippen molar-refractivity contribution in [2.75, 3.05) is 41.1 Å². The van der Waals surface area contributed by atoms with Gasteiger partial charge in [0.1, 0.15) is 20.0 Å². The van der Waals surface area contributed by atoms with Crippen molar-refractivity contribution in [1.29, 1.82) is 0 Å². The molecule has 0 fully saturated rings. The number of nitrogens with zero attached hydrogens (tertiary/aromatic N) is 1. The highest BCUT2D eigenvalue weighted by atomic mass is 31.2. The molecule has 3 N–H and O–H groups in total. The number of hydrogen-bond acceptors (Lipinski definition) is 5. The molecule has 2 atom stereocenters. The lowest BCUT2D eigenvalue weighted by Gasteiger charge is -2.21. The van der Waals surface area contributed by atoms with E-state index in [2.05, 4.69) is 20.5 Å². The third kappa shape index (κ3) is 7.59. The summed E-state index contributed by atoms with van der Waals surface area (Å²) in [6.07, 6.45) is 0. The number of rotatable bonds is 9. The van der Waals surface area contributed by atoms with Crippen molar-refractivity contribution in [3.63, 3.8) is 0 Å². The average Bonchev–Trinajstić information content (AvgIpc) is 2.44. The number of carbonyl (C=O) groups excluding carboxylic acids is 2. The molecule has 117 valence electrons. The van der Waals surface area contributed by atoms with Gasteiger partial charge in [-0.2, -0.15) is 0 Å². The monoisotopic (exact) mass is 307 g/mol. The van der Waals surface area contributed by atoms with E-state index in [1.54, 1.807) is 27.7 Å². The van der Waals surface area contributed by atoms with Crippen LogP contribution in [0.3, 0.4) is 0 Å². The molecule has 0 aliphatic carbocycles. The van der Waals surface area contributed by atoms with Crippen molar-refractivity contribution in [3.8, 4) is 0 Å². The van der Waals surface area contributed by atoms with Gasteiger partial charge in [0.25, 0.3) is 0 Å². The summed E-state index contributed by atoms with van der Waals surface area (Å²) in [5, 5.41) is 7.84. The summed E-state index contributed by atoms with van der Waals surface area (Å²) in [6.45, 7) is 5.45. The number of nitrogens with one attached hydrogen (secondary N) is 3. The lowest BCUT2D eigenvalue weighted by molar-refractivity contribution is -0.126. The van der Waals surface area contributed by atoms with Gasteiger partial charge in [0, 0.05) is 27.9 Å².